The standard InChI is InChI=1S/C21H27NO5.C17H19NO5.C11H11NO2/c1-14-7-10-17-15(13-19(24)26-18(17)12-14)8-9-16(23)6-5-11-22-20(25)27-21(2,3)4;1-11(19)18-8-2-3-13(20)5-4-12-9-17(22)23-16-10-14(21)6-7-15(12)16;1-7-2-3-9-8(6-12)5-11(13)14-10(9)4-7/h7,10,12-13H,5-6,8-9,11H2,1-4H3,(H,22,25);6-7,9-10,21H,2-5,8H2,1H3,(H,18,19);2-5H,6,12H2,1H3. The Kier molecular flexibility index (Phi) is 18.3. The number of carbonyl (C=O) groups excluding carboxylic acids is 4. The van der Waals surface area contributed by atoms with Crippen molar-refractivity contribution in [2.45, 2.75) is 105 Å². The predicted octanol–water partition coefficient (Wildman–Crippen LogP) is 7.38. The lowest BCUT2D eigenvalue weighted by atomic mass is 10.0. The summed E-state index contributed by atoms with van der Waals surface area (Å²) in [6.07, 6.45) is 3.02. The van der Waals surface area contributed by atoms with Crippen LogP contribution in [0.5, 0.6) is 5.75 Å². The average molecular weight is 880 g/mol. The van der Waals surface area contributed by atoms with Crippen molar-refractivity contribution < 1.29 is 42.3 Å². The summed E-state index contributed by atoms with van der Waals surface area (Å²) >= 11 is 0. The zero-order chi connectivity index (χ0) is 47.0. The van der Waals surface area contributed by atoms with Gasteiger partial charge in [0.2, 0.25) is 5.91 Å². The van der Waals surface area contributed by atoms with Gasteiger partial charge in [-0.25, -0.2) is 19.2 Å². The first-order valence-corrected chi connectivity index (χ1v) is 21.1. The van der Waals surface area contributed by atoms with Gasteiger partial charge in [-0.3, -0.25) is 14.4 Å². The summed E-state index contributed by atoms with van der Waals surface area (Å²) in [4.78, 5) is 80.7. The molecule has 0 aliphatic heterocycles. The number of Topliss-reactive ketones (excluding diaryl/α,β-unsaturated/α-hetero) is 2. The quantitative estimate of drug-likeness (QED) is 0.0582. The summed E-state index contributed by atoms with van der Waals surface area (Å²) < 4.78 is 20.5. The molecule has 0 bridgehead atoms. The van der Waals surface area contributed by atoms with Crippen LogP contribution in [0.2, 0.25) is 0 Å². The first-order chi connectivity index (χ1) is 30.3. The molecule has 0 radical (unpaired) electrons. The van der Waals surface area contributed by atoms with Gasteiger partial charge in [0.05, 0.1) is 0 Å². The molecule has 0 aliphatic carbocycles. The number of hydrogen-bond acceptors (Lipinski definition) is 13. The summed E-state index contributed by atoms with van der Waals surface area (Å²) in [5.74, 6) is 0.0834. The highest BCUT2D eigenvalue weighted by Gasteiger charge is 2.16. The Morgan fingerprint density at radius 1 is 0.609 bits per heavy atom. The van der Waals surface area contributed by atoms with E-state index < -0.39 is 22.9 Å². The van der Waals surface area contributed by atoms with Gasteiger partial charge in [0, 0.05) is 92.7 Å². The predicted molar refractivity (Wildman–Crippen MR) is 245 cm³/mol. The number of ether oxygens (including phenoxy) is 1. The van der Waals surface area contributed by atoms with Crippen LogP contribution < -0.4 is 33.2 Å². The Balaban J connectivity index is 0.000000220. The number of rotatable bonds is 15. The molecule has 0 saturated carbocycles. The van der Waals surface area contributed by atoms with E-state index in [4.69, 9.17) is 23.7 Å². The van der Waals surface area contributed by atoms with Crippen molar-refractivity contribution in [3.05, 3.63) is 132 Å². The lowest BCUT2D eigenvalue weighted by molar-refractivity contribution is -0.120. The van der Waals surface area contributed by atoms with Gasteiger partial charge in [0.15, 0.2) is 0 Å². The van der Waals surface area contributed by atoms with Crippen molar-refractivity contribution >= 4 is 56.5 Å². The molecule has 0 saturated heterocycles. The number of nitrogens with one attached hydrogen (secondary N) is 2. The number of carbonyl (C=O) groups is 4. The van der Waals surface area contributed by atoms with Gasteiger partial charge < -0.3 is 39.5 Å². The second-order valence-electron chi connectivity index (χ2n) is 16.4. The van der Waals surface area contributed by atoms with Crippen LogP contribution in [0, 0.1) is 13.8 Å². The highest BCUT2D eigenvalue weighted by Crippen LogP contribution is 2.23. The molecule has 64 heavy (non-hydrogen) atoms. The maximum atomic E-state index is 12.1. The number of hydrogen-bond donors (Lipinski definition) is 4. The fraction of sp³-hybridized carbons (Fsp3) is 0.367. The van der Waals surface area contributed by atoms with Crippen molar-refractivity contribution in [2.24, 2.45) is 5.73 Å². The van der Waals surface area contributed by atoms with E-state index in [0.29, 0.717) is 93.1 Å². The summed E-state index contributed by atoms with van der Waals surface area (Å²) in [5.41, 5.74) is 9.67. The number of amides is 2. The number of nitrogens with two attached hydrogens (primary N) is 1. The summed E-state index contributed by atoms with van der Waals surface area (Å²) in [7, 11) is 0. The third-order valence-electron chi connectivity index (χ3n) is 9.66. The first kappa shape index (κ1) is 49.8. The minimum atomic E-state index is -0.538. The second-order valence-corrected chi connectivity index (χ2v) is 16.4. The van der Waals surface area contributed by atoms with Gasteiger partial charge in [0.1, 0.15) is 39.7 Å². The van der Waals surface area contributed by atoms with E-state index in [1.165, 1.54) is 37.3 Å². The van der Waals surface area contributed by atoms with Crippen molar-refractivity contribution in [2.75, 3.05) is 13.1 Å². The molecule has 0 aliphatic rings. The van der Waals surface area contributed by atoms with E-state index in [9.17, 15) is 38.7 Å². The number of alkyl carbamates (subject to hydrolysis) is 1. The van der Waals surface area contributed by atoms with E-state index in [1.54, 1.807) is 26.8 Å². The van der Waals surface area contributed by atoms with E-state index >= 15 is 0 Å². The van der Waals surface area contributed by atoms with Crippen LogP contribution in [0.15, 0.2) is 100 Å². The van der Waals surface area contributed by atoms with E-state index in [-0.39, 0.29) is 28.8 Å². The first-order valence-electron chi connectivity index (χ1n) is 21.1. The molecule has 6 rings (SSSR count). The van der Waals surface area contributed by atoms with E-state index in [1.807, 2.05) is 50.2 Å². The lowest BCUT2D eigenvalue weighted by Gasteiger charge is -2.19. The second kappa shape index (κ2) is 23.5. The number of ketones is 2. The number of phenols is 1. The number of fused-ring (bicyclic) bond motifs is 3. The fourth-order valence-electron chi connectivity index (χ4n) is 6.61. The van der Waals surface area contributed by atoms with Gasteiger partial charge in [-0.15, -0.1) is 0 Å². The van der Waals surface area contributed by atoms with Crippen LogP contribution in [-0.2, 0) is 38.5 Å². The minimum Gasteiger partial charge on any atom is -0.508 e. The molecular formula is C49H57N3O12. The molecule has 0 fully saturated rings. The lowest BCUT2D eigenvalue weighted by Crippen LogP contribution is -2.33. The Hall–Kier alpha value is -6.87. The summed E-state index contributed by atoms with van der Waals surface area (Å²) in [6, 6.07) is 20.3. The molecule has 3 heterocycles. The van der Waals surface area contributed by atoms with Crippen LogP contribution >= 0.6 is 0 Å². The normalized spacial score (nSPS) is 11.0. The topological polar surface area (TPSA) is 238 Å². The smallest absolute Gasteiger partial charge is 0.407 e. The largest absolute Gasteiger partial charge is 0.508 e. The third kappa shape index (κ3) is 16.4. The van der Waals surface area contributed by atoms with Crippen molar-refractivity contribution in [3.8, 4) is 5.75 Å². The summed E-state index contributed by atoms with van der Waals surface area (Å²) in [6.45, 7) is 11.9. The molecule has 0 unspecified atom stereocenters. The van der Waals surface area contributed by atoms with Crippen LogP contribution in [0.3, 0.4) is 0 Å². The molecule has 5 N–H and O–H groups in total. The summed E-state index contributed by atoms with van der Waals surface area (Å²) in [5, 5.41) is 17.2. The Labute approximate surface area is 370 Å². The Bertz CT molecular complexity index is 2780. The molecule has 3 aromatic heterocycles. The molecule has 2 amide bonds. The molecule has 340 valence electrons. The Morgan fingerprint density at radius 3 is 1.48 bits per heavy atom. The van der Waals surface area contributed by atoms with E-state index in [0.717, 1.165) is 38.6 Å². The van der Waals surface area contributed by atoms with Crippen molar-refractivity contribution in [1.82, 2.24) is 10.6 Å². The molecule has 0 atom stereocenters. The highest BCUT2D eigenvalue weighted by molar-refractivity contribution is 5.85. The van der Waals surface area contributed by atoms with Gasteiger partial charge in [-0.2, -0.15) is 0 Å². The van der Waals surface area contributed by atoms with Gasteiger partial charge in [0.25, 0.3) is 0 Å². The van der Waals surface area contributed by atoms with Crippen molar-refractivity contribution in [3.63, 3.8) is 0 Å². The Morgan fingerprint density at radius 2 is 1.03 bits per heavy atom. The van der Waals surface area contributed by atoms with Crippen molar-refractivity contribution in [1.29, 1.82) is 0 Å². The minimum absolute atomic E-state index is 0.0202. The molecule has 6 aromatic rings. The van der Waals surface area contributed by atoms with Crippen LogP contribution in [0.1, 0.15) is 94.0 Å². The number of aryl methyl sites for hydroxylation is 4. The molecular weight excluding hydrogens is 823 g/mol. The molecule has 15 heteroatoms. The monoisotopic (exact) mass is 879 g/mol. The average Bonchev–Trinajstić information content (AvgIpc) is 3.21. The fourth-order valence-corrected chi connectivity index (χ4v) is 6.61. The zero-order valence-corrected chi connectivity index (χ0v) is 37.2. The number of phenolic OH excluding ortho intramolecular Hbond substituents is 1. The SMILES string of the molecule is CC(=O)NCCCC(=O)CCc1cc(=O)oc2cc(O)ccc12.Cc1ccc2c(CCC(=O)CCCNC(=O)OC(C)(C)C)cc(=O)oc2c1.Cc1ccc2c(CN)cc(=O)oc2c1. The third-order valence-corrected chi connectivity index (χ3v) is 9.66. The number of aromatic hydroxyl groups is 1. The van der Waals surface area contributed by atoms with E-state index in [2.05, 4.69) is 10.6 Å². The van der Waals surface area contributed by atoms with Gasteiger partial charge in [-0.05, 0) is 112 Å². The van der Waals surface area contributed by atoms with Crippen LogP contribution in [0.4, 0.5) is 4.79 Å². The van der Waals surface area contributed by atoms with Crippen LogP contribution in [0.25, 0.3) is 32.9 Å². The molecule has 0 spiro atoms. The van der Waals surface area contributed by atoms with Gasteiger partial charge in [-0.1, -0.05) is 24.3 Å². The molecule has 15 nitrogen and oxygen atoms in total. The maximum Gasteiger partial charge on any atom is 0.407 e. The van der Waals surface area contributed by atoms with Crippen LogP contribution in [-0.4, -0.2) is 47.4 Å². The maximum absolute atomic E-state index is 12.1. The highest BCUT2D eigenvalue weighted by atomic mass is 16.6. The molecule has 3 aromatic carbocycles. The van der Waals surface area contributed by atoms with Gasteiger partial charge >= 0.3 is 23.0 Å². The zero-order valence-electron chi connectivity index (χ0n) is 37.2. The number of benzene rings is 3.